The van der Waals surface area contributed by atoms with Crippen LogP contribution in [0, 0.1) is 17.0 Å². The van der Waals surface area contributed by atoms with Crippen LogP contribution in [0.25, 0.3) is 6.08 Å². The van der Waals surface area contributed by atoms with Crippen molar-refractivity contribution in [2.75, 3.05) is 0 Å². The number of carbonyl (C=O) groups excluding carboxylic acids is 1. The van der Waals surface area contributed by atoms with Gasteiger partial charge in [0, 0.05) is 6.08 Å². The van der Waals surface area contributed by atoms with E-state index in [-0.39, 0.29) is 6.61 Å². The van der Waals surface area contributed by atoms with E-state index in [1.165, 1.54) is 6.08 Å². The highest BCUT2D eigenvalue weighted by Gasteiger charge is 2.23. The number of nitro groups is 1. The van der Waals surface area contributed by atoms with Crippen LogP contribution < -0.4 is 0 Å². The summed E-state index contributed by atoms with van der Waals surface area (Å²) in [6, 6.07) is 16.1. The molecular weight excluding hydrogens is 282 g/mol. The molecule has 2 rings (SSSR count). The molecular formula is C17H15NO4. The molecule has 0 aliphatic rings. The van der Waals surface area contributed by atoms with E-state index in [0.717, 1.165) is 11.1 Å². The highest BCUT2D eigenvalue weighted by Crippen LogP contribution is 2.12. The molecule has 0 radical (unpaired) electrons. The summed E-state index contributed by atoms with van der Waals surface area (Å²) in [4.78, 5) is 22.2. The Kier molecular flexibility index (Phi) is 5.03. The number of hydrogen-bond donors (Lipinski definition) is 0. The van der Waals surface area contributed by atoms with Gasteiger partial charge in [-0.1, -0.05) is 60.2 Å². The van der Waals surface area contributed by atoms with Gasteiger partial charge in [0.25, 0.3) is 0 Å². The van der Waals surface area contributed by atoms with Gasteiger partial charge in [-0.05, 0) is 18.1 Å². The second-order valence-electron chi connectivity index (χ2n) is 4.76. The van der Waals surface area contributed by atoms with Crippen LogP contribution in [0.15, 0.2) is 60.3 Å². The first-order valence-corrected chi connectivity index (χ1v) is 6.70. The average Bonchev–Trinajstić information content (AvgIpc) is 2.52. The maximum atomic E-state index is 11.9. The summed E-state index contributed by atoms with van der Waals surface area (Å²) in [7, 11) is 0. The molecule has 0 unspecified atom stereocenters. The molecule has 0 saturated heterocycles. The van der Waals surface area contributed by atoms with Gasteiger partial charge in [0.15, 0.2) is 0 Å². The predicted octanol–water partition coefficient (Wildman–Crippen LogP) is 3.36. The molecule has 112 valence electrons. The third-order valence-electron chi connectivity index (χ3n) is 3.00. The monoisotopic (exact) mass is 297 g/mol. The van der Waals surface area contributed by atoms with Crippen LogP contribution in [0.5, 0.6) is 0 Å². The van der Waals surface area contributed by atoms with Crippen LogP contribution in [-0.2, 0) is 16.1 Å². The van der Waals surface area contributed by atoms with Crippen molar-refractivity contribution >= 4 is 12.0 Å². The molecule has 2 aromatic rings. The molecule has 0 aliphatic heterocycles. The smallest absolute Gasteiger partial charge is 0.410 e. The second-order valence-corrected chi connectivity index (χ2v) is 4.76. The summed E-state index contributed by atoms with van der Waals surface area (Å²) in [6.45, 7) is 1.91. The van der Waals surface area contributed by atoms with Gasteiger partial charge in [-0.2, -0.15) is 0 Å². The van der Waals surface area contributed by atoms with Crippen LogP contribution in [-0.4, -0.2) is 10.9 Å². The summed E-state index contributed by atoms with van der Waals surface area (Å²) < 4.78 is 5.00. The zero-order chi connectivity index (χ0) is 15.9. The van der Waals surface area contributed by atoms with Gasteiger partial charge in [0.05, 0.1) is 4.92 Å². The topological polar surface area (TPSA) is 69.4 Å². The van der Waals surface area contributed by atoms with Crippen LogP contribution in [0.4, 0.5) is 0 Å². The van der Waals surface area contributed by atoms with Gasteiger partial charge in [-0.25, -0.2) is 4.79 Å². The van der Waals surface area contributed by atoms with Gasteiger partial charge in [0.2, 0.25) is 0 Å². The molecule has 0 N–H and O–H groups in total. The van der Waals surface area contributed by atoms with Gasteiger partial charge in [-0.3, -0.25) is 10.1 Å². The Morgan fingerprint density at radius 1 is 1.14 bits per heavy atom. The summed E-state index contributed by atoms with van der Waals surface area (Å²) in [5.41, 5.74) is 1.80. The summed E-state index contributed by atoms with van der Waals surface area (Å²) >= 11 is 0. The molecule has 0 amide bonds. The van der Waals surface area contributed by atoms with Crippen molar-refractivity contribution in [1.29, 1.82) is 0 Å². The van der Waals surface area contributed by atoms with E-state index in [0.29, 0.717) is 5.56 Å². The Labute approximate surface area is 128 Å². The first kappa shape index (κ1) is 15.4. The van der Waals surface area contributed by atoms with Crippen LogP contribution >= 0.6 is 0 Å². The summed E-state index contributed by atoms with van der Waals surface area (Å²) in [5, 5.41) is 11.1. The lowest BCUT2D eigenvalue weighted by molar-refractivity contribution is -0.419. The van der Waals surface area contributed by atoms with Gasteiger partial charge in [-0.15, -0.1) is 0 Å². The Morgan fingerprint density at radius 3 is 2.36 bits per heavy atom. The molecule has 5 heteroatoms. The second kappa shape index (κ2) is 7.17. The van der Waals surface area contributed by atoms with Crippen molar-refractivity contribution in [2.45, 2.75) is 13.5 Å². The van der Waals surface area contributed by atoms with Crippen molar-refractivity contribution in [3.63, 3.8) is 0 Å². The summed E-state index contributed by atoms with van der Waals surface area (Å²) in [6.07, 6.45) is 1.22. The van der Waals surface area contributed by atoms with E-state index in [4.69, 9.17) is 4.74 Å². The predicted molar refractivity (Wildman–Crippen MR) is 82.4 cm³/mol. The number of nitrogens with zero attached hydrogens (tertiary/aromatic N) is 1. The van der Waals surface area contributed by atoms with Crippen molar-refractivity contribution in [1.82, 2.24) is 0 Å². The maximum absolute atomic E-state index is 11.9. The average molecular weight is 297 g/mol. The molecule has 0 aliphatic carbocycles. The minimum absolute atomic E-state index is 0.00124. The first-order chi connectivity index (χ1) is 10.6. The number of aryl methyl sites for hydroxylation is 1. The highest BCUT2D eigenvalue weighted by atomic mass is 16.6. The molecule has 5 nitrogen and oxygen atoms in total. The molecule has 0 spiro atoms. The molecule has 0 atom stereocenters. The van der Waals surface area contributed by atoms with E-state index in [1.54, 1.807) is 36.4 Å². The zero-order valence-electron chi connectivity index (χ0n) is 12.1. The van der Waals surface area contributed by atoms with Crippen molar-refractivity contribution in [3.05, 3.63) is 87.1 Å². The minimum atomic E-state index is -0.950. The summed E-state index contributed by atoms with van der Waals surface area (Å²) in [5.74, 6) is -0.950. The molecule has 0 saturated carbocycles. The van der Waals surface area contributed by atoms with E-state index in [2.05, 4.69) is 0 Å². The largest absolute Gasteiger partial charge is 0.453 e. The van der Waals surface area contributed by atoms with E-state index >= 15 is 0 Å². The zero-order valence-corrected chi connectivity index (χ0v) is 12.1. The van der Waals surface area contributed by atoms with Gasteiger partial charge < -0.3 is 4.74 Å². The third-order valence-corrected chi connectivity index (χ3v) is 3.00. The number of carbonyl (C=O) groups is 1. The minimum Gasteiger partial charge on any atom is -0.453 e. The highest BCUT2D eigenvalue weighted by molar-refractivity contribution is 5.90. The fourth-order valence-electron chi connectivity index (χ4n) is 1.80. The van der Waals surface area contributed by atoms with E-state index in [9.17, 15) is 14.9 Å². The molecule has 0 bridgehead atoms. The quantitative estimate of drug-likeness (QED) is 0.367. The first-order valence-electron chi connectivity index (χ1n) is 6.70. The van der Waals surface area contributed by atoms with Crippen molar-refractivity contribution in [2.24, 2.45) is 0 Å². The normalized spacial score (nSPS) is 11.0. The lowest BCUT2D eigenvalue weighted by atomic mass is 10.1. The lowest BCUT2D eigenvalue weighted by Gasteiger charge is -2.03. The number of rotatable bonds is 5. The van der Waals surface area contributed by atoms with Crippen LogP contribution in [0.2, 0.25) is 0 Å². The van der Waals surface area contributed by atoms with E-state index < -0.39 is 16.6 Å². The van der Waals surface area contributed by atoms with Crippen molar-refractivity contribution in [3.8, 4) is 0 Å². The Bertz CT molecular complexity index is 690. The van der Waals surface area contributed by atoms with E-state index in [1.807, 2.05) is 25.1 Å². The van der Waals surface area contributed by atoms with Crippen LogP contribution in [0.3, 0.4) is 0 Å². The fourth-order valence-corrected chi connectivity index (χ4v) is 1.80. The van der Waals surface area contributed by atoms with Gasteiger partial charge >= 0.3 is 11.7 Å². The molecule has 22 heavy (non-hydrogen) atoms. The fraction of sp³-hybridized carbons (Fsp3) is 0.118. The number of hydrogen-bond acceptors (Lipinski definition) is 4. The molecule has 0 aromatic heterocycles. The van der Waals surface area contributed by atoms with Crippen molar-refractivity contribution < 1.29 is 14.5 Å². The SMILES string of the molecule is Cc1ccc(/C=C(/C(=O)OCc2ccccc2)[N+](=O)[O-])cc1. The Hall–Kier alpha value is -2.95. The standard InChI is InChI=1S/C17H15NO4/c1-13-7-9-14(10-8-13)11-16(18(20)21)17(19)22-12-15-5-3-2-4-6-15/h2-11H,12H2,1H3/b16-11-. The lowest BCUT2D eigenvalue weighted by Crippen LogP contribution is -2.14. The number of esters is 1. The number of benzene rings is 2. The maximum Gasteiger partial charge on any atom is 0.410 e. The molecule has 2 aromatic carbocycles. The third kappa shape index (κ3) is 4.28. The molecule has 0 heterocycles. The number of ether oxygens (including phenoxy) is 1. The molecule has 0 fully saturated rings. The van der Waals surface area contributed by atoms with Crippen LogP contribution in [0.1, 0.15) is 16.7 Å². The van der Waals surface area contributed by atoms with Gasteiger partial charge in [0.1, 0.15) is 6.61 Å². The Balaban J connectivity index is 2.12. The Morgan fingerprint density at radius 2 is 1.77 bits per heavy atom.